The predicted molar refractivity (Wildman–Crippen MR) is 128 cm³/mol. The third-order valence-electron chi connectivity index (χ3n) is 4.90. The number of carbonyl (C=O) groups excluding carboxylic acids is 1. The van der Waals surface area contributed by atoms with Crippen molar-refractivity contribution >= 4 is 44.9 Å². The molecular formula is C25H17ClN2O3S. The number of thiazole rings is 1. The number of ether oxygens (including phenoxy) is 1. The number of nitrogens with zero attached hydrogens (tertiary/aromatic N) is 1. The first-order valence-corrected chi connectivity index (χ1v) is 11.1. The number of furan rings is 1. The number of aromatic nitrogens is 1. The van der Waals surface area contributed by atoms with Crippen LogP contribution in [0.25, 0.3) is 22.2 Å². The normalized spacial score (nSPS) is 10.9. The van der Waals surface area contributed by atoms with Crippen molar-refractivity contribution in [3.63, 3.8) is 0 Å². The Kier molecular flexibility index (Phi) is 5.62. The number of anilines is 1. The molecule has 1 amide bonds. The number of nitrogens with one attached hydrogen (secondary N) is 1. The Morgan fingerprint density at radius 1 is 1.00 bits per heavy atom. The van der Waals surface area contributed by atoms with Gasteiger partial charge in [-0.25, -0.2) is 4.98 Å². The minimum atomic E-state index is -0.370. The largest absolute Gasteiger partial charge is 0.489 e. The van der Waals surface area contributed by atoms with E-state index in [9.17, 15) is 4.79 Å². The standard InChI is InChI=1S/C25H17ClN2O3S/c26-17-12-10-16(11-13-17)21-15-32-25(27-21)28-24(29)23-20(14-30-18-6-2-1-3-7-18)19-8-4-5-9-22(19)31-23/h1-13,15H,14H2,(H,27,28,29). The lowest BCUT2D eigenvalue weighted by Crippen LogP contribution is -2.13. The fraction of sp³-hybridized carbons (Fsp3) is 0.0400. The summed E-state index contributed by atoms with van der Waals surface area (Å²) in [5.41, 5.74) is 3.01. The third-order valence-corrected chi connectivity index (χ3v) is 5.91. The highest BCUT2D eigenvalue weighted by Crippen LogP contribution is 2.30. The summed E-state index contributed by atoms with van der Waals surface area (Å²) in [6.07, 6.45) is 0. The first-order valence-electron chi connectivity index (χ1n) is 9.88. The zero-order valence-corrected chi connectivity index (χ0v) is 18.3. The van der Waals surface area contributed by atoms with Crippen LogP contribution in [-0.4, -0.2) is 10.9 Å². The van der Waals surface area contributed by atoms with E-state index < -0.39 is 0 Å². The minimum absolute atomic E-state index is 0.206. The van der Waals surface area contributed by atoms with Gasteiger partial charge in [-0.05, 0) is 30.3 Å². The second kappa shape index (κ2) is 8.86. The summed E-state index contributed by atoms with van der Waals surface area (Å²) in [4.78, 5) is 17.6. The van der Waals surface area contributed by atoms with Crippen molar-refractivity contribution in [3.8, 4) is 17.0 Å². The number of hydrogen-bond acceptors (Lipinski definition) is 5. The molecule has 7 heteroatoms. The van der Waals surface area contributed by atoms with Gasteiger partial charge < -0.3 is 9.15 Å². The van der Waals surface area contributed by atoms with Gasteiger partial charge in [0, 0.05) is 26.9 Å². The van der Waals surface area contributed by atoms with E-state index in [1.54, 1.807) is 0 Å². The Morgan fingerprint density at radius 2 is 1.75 bits per heavy atom. The van der Waals surface area contributed by atoms with Gasteiger partial charge >= 0.3 is 0 Å². The van der Waals surface area contributed by atoms with Gasteiger partial charge in [0.2, 0.25) is 0 Å². The van der Waals surface area contributed by atoms with Crippen LogP contribution in [0.5, 0.6) is 5.75 Å². The quantitative estimate of drug-likeness (QED) is 0.295. The topological polar surface area (TPSA) is 64.4 Å². The van der Waals surface area contributed by atoms with Crippen LogP contribution in [0.1, 0.15) is 16.1 Å². The molecule has 1 N–H and O–H groups in total. The molecule has 0 saturated heterocycles. The molecule has 2 heterocycles. The molecule has 0 aliphatic carbocycles. The van der Waals surface area contributed by atoms with E-state index >= 15 is 0 Å². The second-order valence-corrected chi connectivity index (χ2v) is 8.30. The zero-order valence-electron chi connectivity index (χ0n) is 16.7. The molecule has 158 valence electrons. The number of amides is 1. The summed E-state index contributed by atoms with van der Waals surface area (Å²) < 4.78 is 11.8. The molecule has 0 atom stereocenters. The van der Waals surface area contributed by atoms with E-state index in [1.165, 1.54) is 11.3 Å². The highest BCUT2D eigenvalue weighted by atomic mass is 35.5. The molecule has 0 saturated carbocycles. The monoisotopic (exact) mass is 460 g/mol. The Morgan fingerprint density at radius 3 is 2.56 bits per heavy atom. The van der Waals surface area contributed by atoms with Gasteiger partial charge in [0.25, 0.3) is 5.91 Å². The number of fused-ring (bicyclic) bond motifs is 1. The Balaban J connectivity index is 1.40. The van der Waals surface area contributed by atoms with E-state index in [1.807, 2.05) is 84.2 Å². The summed E-state index contributed by atoms with van der Waals surface area (Å²) in [6.45, 7) is 0.206. The van der Waals surface area contributed by atoms with Crippen LogP contribution in [0.4, 0.5) is 5.13 Å². The maximum atomic E-state index is 13.1. The number of halogens is 1. The van der Waals surface area contributed by atoms with Gasteiger partial charge in [0.15, 0.2) is 10.9 Å². The molecule has 0 aliphatic rings. The van der Waals surface area contributed by atoms with E-state index in [-0.39, 0.29) is 18.3 Å². The molecule has 32 heavy (non-hydrogen) atoms. The molecule has 0 aliphatic heterocycles. The molecule has 2 aromatic heterocycles. The van der Waals surface area contributed by atoms with Crippen LogP contribution < -0.4 is 10.1 Å². The fourth-order valence-electron chi connectivity index (χ4n) is 3.34. The van der Waals surface area contributed by atoms with Crippen molar-refractivity contribution < 1.29 is 13.9 Å². The average Bonchev–Trinajstić information content (AvgIpc) is 3.43. The molecular weight excluding hydrogens is 444 g/mol. The SMILES string of the molecule is O=C(Nc1nc(-c2ccc(Cl)cc2)cs1)c1oc2ccccc2c1COc1ccccc1. The van der Waals surface area contributed by atoms with Crippen molar-refractivity contribution in [1.29, 1.82) is 0 Å². The zero-order chi connectivity index (χ0) is 21.9. The molecule has 0 unspecified atom stereocenters. The maximum absolute atomic E-state index is 13.1. The van der Waals surface area contributed by atoms with Crippen LogP contribution in [0.2, 0.25) is 5.02 Å². The van der Waals surface area contributed by atoms with Gasteiger partial charge in [-0.15, -0.1) is 11.3 Å². The van der Waals surface area contributed by atoms with Crippen molar-refractivity contribution in [2.75, 3.05) is 5.32 Å². The van der Waals surface area contributed by atoms with E-state index in [4.69, 9.17) is 20.8 Å². The second-order valence-electron chi connectivity index (χ2n) is 7.01. The smallest absolute Gasteiger partial charge is 0.293 e. The molecule has 0 fully saturated rings. The molecule has 0 bridgehead atoms. The average molecular weight is 461 g/mol. The van der Waals surface area contributed by atoms with E-state index in [2.05, 4.69) is 10.3 Å². The number of benzene rings is 3. The summed E-state index contributed by atoms with van der Waals surface area (Å²) in [6, 6.07) is 24.4. The number of hydrogen-bond donors (Lipinski definition) is 1. The van der Waals surface area contributed by atoms with E-state index in [0.717, 1.165) is 22.4 Å². The van der Waals surface area contributed by atoms with Crippen LogP contribution in [-0.2, 0) is 6.61 Å². The fourth-order valence-corrected chi connectivity index (χ4v) is 4.18. The highest BCUT2D eigenvalue weighted by molar-refractivity contribution is 7.14. The molecule has 5 rings (SSSR count). The summed E-state index contributed by atoms with van der Waals surface area (Å²) in [5.74, 6) is 0.562. The molecule has 5 nitrogen and oxygen atoms in total. The van der Waals surface area contributed by atoms with Gasteiger partial charge in [-0.3, -0.25) is 10.1 Å². The van der Waals surface area contributed by atoms with Crippen LogP contribution in [0, 0.1) is 0 Å². The lowest BCUT2D eigenvalue weighted by Gasteiger charge is -2.07. The Bertz CT molecular complexity index is 1380. The summed E-state index contributed by atoms with van der Waals surface area (Å²) in [5, 5.41) is 6.72. The first kappa shape index (κ1) is 20.3. The minimum Gasteiger partial charge on any atom is -0.489 e. The number of para-hydroxylation sites is 2. The molecule has 3 aromatic carbocycles. The lowest BCUT2D eigenvalue weighted by atomic mass is 10.1. The molecule has 5 aromatic rings. The van der Waals surface area contributed by atoms with Crippen molar-refractivity contribution in [3.05, 3.63) is 101 Å². The van der Waals surface area contributed by atoms with Crippen LogP contribution in [0.3, 0.4) is 0 Å². The Hall–Kier alpha value is -3.61. The van der Waals surface area contributed by atoms with Gasteiger partial charge in [0.1, 0.15) is 17.9 Å². The number of rotatable bonds is 6. The maximum Gasteiger partial charge on any atom is 0.293 e. The van der Waals surface area contributed by atoms with E-state index in [0.29, 0.717) is 21.3 Å². The van der Waals surface area contributed by atoms with Gasteiger partial charge in [-0.1, -0.05) is 60.1 Å². The van der Waals surface area contributed by atoms with Crippen LogP contribution >= 0.6 is 22.9 Å². The summed E-state index contributed by atoms with van der Waals surface area (Å²) >= 11 is 7.30. The molecule has 0 radical (unpaired) electrons. The van der Waals surface area contributed by atoms with Crippen LogP contribution in [0.15, 0.2) is 88.7 Å². The first-order chi connectivity index (χ1) is 15.7. The Labute approximate surface area is 193 Å². The lowest BCUT2D eigenvalue weighted by molar-refractivity contribution is 0.0995. The van der Waals surface area contributed by atoms with Crippen molar-refractivity contribution in [1.82, 2.24) is 4.98 Å². The number of carbonyl (C=O) groups is 1. The predicted octanol–water partition coefficient (Wildman–Crippen LogP) is 7.04. The summed E-state index contributed by atoms with van der Waals surface area (Å²) in [7, 11) is 0. The van der Waals surface area contributed by atoms with Gasteiger partial charge in [0.05, 0.1) is 5.69 Å². The van der Waals surface area contributed by atoms with Crippen molar-refractivity contribution in [2.45, 2.75) is 6.61 Å². The third kappa shape index (κ3) is 4.23. The molecule has 0 spiro atoms. The van der Waals surface area contributed by atoms with Crippen molar-refractivity contribution in [2.24, 2.45) is 0 Å². The van der Waals surface area contributed by atoms with Gasteiger partial charge in [-0.2, -0.15) is 0 Å². The highest BCUT2D eigenvalue weighted by Gasteiger charge is 2.22.